The number of phenolic OH excluding ortho intramolecular Hbond substituents is 1. The number of hydrogen-bond donors (Lipinski definition) is 5. The molecule has 0 amide bonds. The monoisotopic (exact) mass is 363 g/mol. The fourth-order valence-electron chi connectivity index (χ4n) is 2.22. The van der Waals surface area contributed by atoms with Crippen molar-refractivity contribution >= 4 is 30.0 Å². The standard InChI is InChI=1S/C17H15NO2.H3O4P/c1-20-17-9-5-4-8-14(17)18-15-10-12-6-2-3-7-13(12)11-16(15)19;1-5(2,3)4/h2-11,18-19H,1H3;(H3,1,2,3,4). The van der Waals surface area contributed by atoms with Crippen molar-refractivity contribution in [1.29, 1.82) is 0 Å². The van der Waals surface area contributed by atoms with Gasteiger partial charge in [-0.05, 0) is 35.0 Å². The lowest BCUT2D eigenvalue weighted by atomic mass is 10.1. The van der Waals surface area contributed by atoms with Gasteiger partial charge in [-0.25, -0.2) is 4.57 Å². The van der Waals surface area contributed by atoms with Gasteiger partial charge in [-0.1, -0.05) is 36.4 Å². The van der Waals surface area contributed by atoms with E-state index in [1.165, 1.54) is 0 Å². The molecule has 0 aliphatic rings. The quantitative estimate of drug-likeness (QED) is 0.357. The Kier molecular flexibility index (Phi) is 6.01. The minimum atomic E-state index is -4.64. The highest BCUT2D eigenvalue weighted by Gasteiger charge is 2.07. The molecule has 0 bridgehead atoms. The van der Waals surface area contributed by atoms with E-state index >= 15 is 0 Å². The van der Waals surface area contributed by atoms with Crippen LogP contribution in [0.25, 0.3) is 10.8 Å². The van der Waals surface area contributed by atoms with Crippen molar-refractivity contribution in [1.82, 2.24) is 0 Å². The van der Waals surface area contributed by atoms with Crippen LogP contribution in [0.4, 0.5) is 11.4 Å². The molecule has 0 aromatic heterocycles. The molecule has 0 atom stereocenters. The molecule has 5 N–H and O–H groups in total. The van der Waals surface area contributed by atoms with Crippen molar-refractivity contribution in [2.45, 2.75) is 0 Å². The zero-order chi connectivity index (χ0) is 18.4. The molecule has 0 aliphatic carbocycles. The SMILES string of the molecule is COc1ccccc1Nc1cc2ccccc2cc1O.O=P(O)(O)O. The fraction of sp³-hybridized carbons (Fsp3) is 0.0588. The largest absolute Gasteiger partial charge is 0.506 e. The van der Waals surface area contributed by atoms with Crippen LogP contribution >= 0.6 is 7.82 Å². The summed E-state index contributed by atoms with van der Waals surface area (Å²) in [6.45, 7) is 0. The fourth-order valence-corrected chi connectivity index (χ4v) is 2.22. The predicted octanol–water partition coefficient (Wildman–Crippen LogP) is 3.37. The number of ether oxygens (including phenoxy) is 1. The molecule has 3 rings (SSSR count). The zero-order valence-corrected chi connectivity index (χ0v) is 14.2. The molecule has 0 saturated heterocycles. The van der Waals surface area contributed by atoms with Crippen molar-refractivity contribution in [3.63, 3.8) is 0 Å². The van der Waals surface area contributed by atoms with Crippen LogP contribution in [0.1, 0.15) is 0 Å². The molecular formula is C17H18NO6P. The highest BCUT2D eigenvalue weighted by Crippen LogP contribution is 2.34. The second-order valence-corrected chi connectivity index (χ2v) is 6.08. The number of aromatic hydroxyl groups is 1. The van der Waals surface area contributed by atoms with E-state index in [0.717, 1.165) is 22.2 Å². The first-order chi connectivity index (χ1) is 11.8. The maximum absolute atomic E-state index is 10.1. The average Bonchev–Trinajstić information content (AvgIpc) is 2.54. The van der Waals surface area contributed by atoms with Crippen LogP contribution in [0.3, 0.4) is 0 Å². The second-order valence-electron chi connectivity index (χ2n) is 5.06. The van der Waals surface area contributed by atoms with Gasteiger partial charge < -0.3 is 29.8 Å². The van der Waals surface area contributed by atoms with Gasteiger partial charge in [-0.2, -0.15) is 0 Å². The van der Waals surface area contributed by atoms with E-state index in [9.17, 15) is 5.11 Å². The van der Waals surface area contributed by atoms with E-state index in [-0.39, 0.29) is 5.75 Å². The van der Waals surface area contributed by atoms with Crippen LogP contribution in [-0.2, 0) is 4.57 Å². The first-order valence-corrected chi connectivity index (χ1v) is 8.74. The van der Waals surface area contributed by atoms with Crippen LogP contribution in [0.2, 0.25) is 0 Å². The number of fused-ring (bicyclic) bond motifs is 1. The minimum Gasteiger partial charge on any atom is -0.506 e. The maximum atomic E-state index is 10.1. The van der Waals surface area contributed by atoms with Crippen molar-refractivity contribution < 1.29 is 29.1 Å². The zero-order valence-electron chi connectivity index (χ0n) is 13.3. The molecule has 0 heterocycles. The first-order valence-electron chi connectivity index (χ1n) is 7.18. The van der Waals surface area contributed by atoms with Crippen molar-refractivity contribution in [3.05, 3.63) is 60.7 Å². The molecule has 0 unspecified atom stereocenters. The minimum absolute atomic E-state index is 0.217. The average molecular weight is 363 g/mol. The van der Waals surface area contributed by atoms with Gasteiger partial charge in [0, 0.05) is 0 Å². The van der Waals surface area contributed by atoms with Crippen LogP contribution in [0.15, 0.2) is 60.7 Å². The van der Waals surface area contributed by atoms with Gasteiger partial charge in [-0.3, -0.25) is 0 Å². The lowest BCUT2D eigenvalue weighted by Crippen LogP contribution is -1.94. The molecule has 3 aromatic carbocycles. The smallest absolute Gasteiger partial charge is 0.466 e. The summed E-state index contributed by atoms with van der Waals surface area (Å²) in [4.78, 5) is 21.6. The van der Waals surface area contributed by atoms with Crippen LogP contribution in [0.5, 0.6) is 11.5 Å². The van der Waals surface area contributed by atoms with E-state index in [4.69, 9.17) is 24.0 Å². The number of nitrogens with one attached hydrogen (secondary N) is 1. The number of methoxy groups -OCH3 is 1. The summed E-state index contributed by atoms with van der Waals surface area (Å²) in [6.07, 6.45) is 0. The Hall–Kier alpha value is -2.57. The van der Waals surface area contributed by atoms with Crippen LogP contribution in [0, 0.1) is 0 Å². The third-order valence-corrected chi connectivity index (χ3v) is 3.24. The van der Waals surface area contributed by atoms with E-state index in [0.29, 0.717) is 5.69 Å². The van der Waals surface area contributed by atoms with Crippen LogP contribution in [-0.4, -0.2) is 26.9 Å². The summed E-state index contributed by atoms with van der Waals surface area (Å²) in [7, 11) is -3.01. The molecule has 0 radical (unpaired) electrons. The third-order valence-electron chi connectivity index (χ3n) is 3.24. The lowest BCUT2D eigenvalue weighted by molar-refractivity contribution is 0.275. The topological polar surface area (TPSA) is 119 Å². The molecular weight excluding hydrogens is 345 g/mol. The number of rotatable bonds is 3. The summed E-state index contributed by atoms with van der Waals surface area (Å²) in [5, 5.41) is 15.4. The lowest BCUT2D eigenvalue weighted by Gasteiger charge is -2.13. The Morgan fingerprint density at radius 3 is 2.00 bits per heavy atom. The number of para-hydroxylation sites is 2. The highest BCUT2D eigenvalue weighted by atomic mass is 31.2. The van der Waals surface area contributed by atoms with Gasteiger partial charge in [0.25, 0.3) is 0 Å². The van der Waals surface area contributed by atoms with Gasteiger partial charge in [0.15, 0.2) is 0 Å². The highest BCUT2D eigenvalue weighted by molar-refractivity contribution is 7.45. The number of phenols is 1. The van der Waals surface area contributed by atoms with Crippen molar-refractivity contribution in [2.24, 2.45) is 0 Å². The molecule has 0 fully saturated rings. The number of benzene rings is 3. The summed E-state index contributed by atoms with van der Waals surface area (Å²) >= 11 is 0. The van der Waals surface area contributed by atoms with Crippen molar-refractivity contribution in [2.75, 3.05) is 12.4 Å². The maximum Gasteiger partial charge on any atom is 0.466 e. The molecule has 132 valence electrons. The van der Waals surface area contributed by atoms with Crippen LogP contribution < -0.4 is 10.1 Å². The summed E-state index contributed by atoms with van der Waals surface area (Å²) in [5.41, 5.74) is 1.48. The molecule has 7 nitrogen and oxygen atoms in total. The summed E-state index contributed by atoms with van der Waals surface area (Å²) in [6, 6.07) is 19.2. The molecule has 0 aliphatic heterocycles. The molecule has 25 heavy (non-hydrogen) atoms. The Balaban J connectivity index is 0.000000399. The van der Waals surface area contributed by atoms with E-state index in [1.807, 2.05) is 54.6 Å². The van der Waals surface area contributed by atoms with Gasteiger partial charge in [0.05, 0.1) is 18.5 Å². The Morgan fingerprint density at radius 1 is 0.880 bits per heavy atom. The first kappa shape index (κ1) is 18.8. The van der Waals surface area contributed by atoms with Gasteiger partial charge in [0.2, 0.25) is 0 Å². The molecule has 8 heteroatoms. The van der Waals surface area contributed by atoms with E-state index in [2.05, 4.69) is 5.32 Å². The Labute approximate surface area is 144 Å². The number of hydrogen-bond acceptors (Lipinski definition) is 4. The van der Waals surface area contributed by atoms with E-state index < -0.39 is 7.82 Å². The van der Waals surface area contributed by atoms with E-state index in [1.54, 1.807) is 13.2 Å². The van der Waals surface area contributed by atoms with Gasteiger partial charge >= 0.3 is 7.82 Å². The molecule has 3 aromatic rings. The Bertz CT molecular complexity index is 900. The second kappa shape index (κ2) is 8.00. The third kappa shape index (κ3) is 5.77. The molecule has 0 spiro atoms. The summed E-state index contributed by atoms with van der Waals surface area (Å²) < 4.78 is 14.2. The molecule has 0 saturated carbocycles. The number of anilines is 2. The van der Waals surface area contributed by atoms with Gasteiger partial charge in [-0.15, -0.1) is 0 Å². The van der Waals surface area contributed by atoms with Crippen molar-refractivity contribution in [3.8, 4) is 11.5 Å². The van der Waals surface area contributed by atoms with Gasteiger partial charge in [0.1, 0.15) is 11.5 Å². The predicted molar refractivity (Wildman–Crippen MR) is 96.2 cm³/mol. The normalized spacial score (nSPS) is 10.7. The number of phosphoric acid groups is 1. The summed E-state index contributed by atoms with van der Waals surface area (Å²) in [5.74, 6) is 0.953. The Morgan fingerprint density at radius 2 is 1.40 bits per heavy atom.